The van der Waals surface area contributed by atoms with E-state index in [9.17, 15) is 0 Å². The van der Waals surface area contributed by atoms with Gasteiger partial charge in [-0.1, -0.05) is 68.4 Å². The molecule has 3 atom stereocenters. The van der Waals surface area contributed by atoms with E-state index < -0.39 is 0 Å². The molecule has 0 spiro atoms. The van der Waals surface area contributed by atoms with Crippen molar-refractivity contribution in [2.24, 2.45) is 5.92 Å². The third-order valence-corrected chi connectivity index (χ3v) is 5.17. The summed E-state index contributed by atoms with van der Waals surface area (Å²) in [5.74, 6) is 1.22. The van der Waals surface area contributed by atoms with Crippen molar-refractivity contribution in [2.45, 2.75) is 32.0 Å². The maximum absolute atomic E-state index is 6.20. The Kier molecular flexibility index (Phi) is 3.51. The molecule has 114 valence electrons. The summed E-state index contributed by atoms with van der Waals surface area (Å²) in [5, 5.41) is 0. The summed E-state index contributed by atoms with van der Waals surface area (Å²) >= 11 is 0. The first-order valence-corrected chi connectivity index (χ1v) is 8.27. The average molecular weight is 293 g/mol. The van der Waals surface area contributed by atoms with E-state index >= 15 is 0 Å². The quantitative estimate of drug-likeness (QED) is 0.807. The van der Waals surface area contributed by atoms with Crippen molar-refractivity contribution >= 4 is 0 Å². The molecular weight excluding hydrogens is 270 g/mol. The first-order valence-electron chi connectivity index (χ1n) is 8.27. The number of rotatable bonds is 2. The highest BCUT2D eigenvalue weighted by Gasteiger charge is 2.43. The highest BCUT2D eigenvalue weighted by molar-refractivity contribution is 5.36. The zero-order valence-electron chi connectivity index (χ0n) is 13.3. The molecule has 0 aliphatic carbocycles. The van der Waals surface area contributed by atoms with Crippen molar-refractivity contribution in [2.75, 3.05) is 13.2 Å². The van der Waals surface area contributed by atoms with Gasteiger partial charge in [-0.25, -0.2) is 0 Å². The van der Waals surface area contributed by atoms with Gasteiger partial charge < -0.3 is 4.74 Å². The van der Waals surface area contributed by atoms with E-state index in [-0.39, 0.29) is 6.23 Å². The van der Waals surface area contributed by atoms with Crippen molar-refractivity contribution in [1.82, 2.24) is 4.90 Å². The number of ether oxygens (including phenoxy) is 1. The lowest BCUT2D eigenvalue weighted by Crippen LogP contribution is -2.37. The van der Waals surface area contributed by atoms with Crippen molar-refractivity contribution in [3.05, 3.63) is 71.3 Å². The van der Waals surface area contributed by atoms with Crippen LogP contribution in [0.4, 0.5) is 0 Å². The first-order chi connectivity index (χ1) is 10.8. The van der Waals surface area contributed by atoms with Crippen molar-refractivity contribution in [3.8, 4) is 0 Å². The van der Waals surface area contributed by atoms with Crippen LogP contribution in [0.5, 0.6) is 0 Å². The minimum Gasteiger partial charge on any atom is -0.357 e. The highest BCUT2D eigenvalue weighted by Crippen LogP contribution is 2.47. The third-order valence-electron chi connectivity index (χ3n) is 5.17. The van der Waals surface area contributed by atoms with Gasteiger partial charge in [0.25, 0.3) is 0 Å². The van der Waals surface area contributed by atoms with E-state index in [1.807, 2.05) is 0 Å². The van der Waals surface area contributed by atoms with Crippen LogP contribution in [-0.4, -0.2) is 18.1 Å². The summed E-state index contributed by atoms with van der Waals surface area (Å²) in [7, 11) is 0. The Hall–Kier alpha value is -1.64. The minimum atomic E-state index is 0.122. The summed E-state index contributed by atoms with van der Waals surface area (Å²) in [5.41, 5.74) is 4.21. The number of hydrogen-bond acceptors (Lipinski definition) is 2. The van der Waals surface area contributed by atoms with Crippen LogP contribution in [0.15, 0.2) is 54.6 Å². The Morgan fingerprint density at radius 1 is 0.955 bits per heavy atom. The summed E-state index contributed by atoms with van der Waals surface area (Å²) in [4.78, 5) is 2.56. The molecule has 4 rings (SSSR count). The molecule has 1 saturated heterocycles. The molecule has 0 N–H and O–H groups in total. The van der Waals surface area contributed by atoms with Crippen molar-refractivity contribution < 1.29 is 4.74 Å². The van der Waals surface area contributed by atoms with Gasteiger partial charge in [-0.05, 0) is 28.5 Å². The molecule has 2 aromatic rings. The number of benzene rings is 2. The minimum absolute atomic E-state index is 0.122. The molecule has 0 saturated carbocycles. The van der Waals surface area contributed by atoms with Crippen LogP contribution >= 0.6 is 0 Å². The molecule has 2 heteroatoms. The molecule has 0 radical (unpaired) electrons. The largest absolute Gasteiger partial charge is 0.357 e. The van der Waals surface area contributed by atoms with Gasteiger partial charge in [-0.15, -0.1) is 0 Å². The number of hydrogen-bond donors (Lipinski definition) is 0. The van der Waals surface area contributed by atoms with Gasteiger partial charge in [0.1, 0.15) is 6.23 Å². The summed E-state index contributed by atoms with van der Waals surface area (Å²) in [6.45, 7) is 6.53. The molecule has 0 amide bonds. The van der Waals surface area contributed by atoms with Crippen LogP contribution < -0.4 is 0 Å². The van der Waals surface area contributed by atoms with Crippen LogP contribution in [0.1, 0.15) is 48.7 Å². The topological polar surface area (TPSA) is 12.5 Å². The molecule has 1 fully saturated rings. The summed E-state index contributed by atoms with van der Waals surface area (Å²) in [6.07, 6.45) is 0.122. The fraction of sp³-hybridized carbons (Fsp3) is 0.400. The third kappa shape index (κ3) is 2.18. The molecule has 2 aliphatic rings. The van der Waals surface area contributed by atoms with Gasteiger partial charge in [-0.3, -0.25) is 4.90 Å². The molecule has 22 heavy (non-hydrogen) atoms. The van der Waals surface area contributed by atoms with Gasteiger partial charge in [-0.2, -0.15) is 0 Å². The molecule has 1 unspecified atom stereocenters. The second-order valence-corrected chi connectivity index (χ2v) is 6.79. The van der Waals surface area contributed by atoms with E-state index in [4.69, 9.17) is 4.74 Å². The standard InChI is InChI=1S/C20H23NO/c1-14(2)18-12-21-19(15-8-4-3-5-9-15)13-22-20(21)17-11-7-6-10-16(17)18/h3-11,14,18-20H,12-13H2,1-2H3/t18-,19+,20?/m1/s1. The van der Waals surface area contributed by atoms with Gasteiger partial charge in [0, 0.05) is 6.54 Å². The lowest BCUT2D eigenvalue weighted by atomic mass is 9.81. The van der Waals surface area contributed by atoms with Crippen molar-refractivity contribution in [1.29, 1.82) is 0 Å². The molecule has 2 nitrogen and oxygen atoms in total. The summed E-state index contributed by atoms with van der Waals surface area (Å²) < 4.78 is 6.20. The normalized spacial score (nSPS) is 27.7. The fourth-order valence-corrected chi connectivity index (χ4v) is 3.96. The van der Waals surface area contributed by atoms with Gasteiger partial charge in [0.2, 0.25) is 0 Å². The maximum atomic E-state index is 6.20. The Balaban J connectivity index is 1.74. The second-order valence-electron chi connectivity index (χ2n) is 6.79. The van der Waals surface area contributed by atoms with E-state index in [1.165, 1.54) is 16.7 Å². The number of fused-ring (bicyclic) bond motifs is 3. The van der Waals surface area contributed by atoms with Crippen LogP contribution in [-0.2, 0) is 4.74 Å². The van der Waals surface area contributed by atoms with Crippen LogP contribution in [0.3, 0.4) is 0 Å². The highest BCUT2D eigenvalue weighted by atomic mass is 16.5. The monoisotopic (exact) mass is 293 g/mol. The molecule has 0 aromatic heterocycles. The second kappa shape index (κ2) is 5.53. The van der Waals surface area contributed by atoms with E-state index in [0.29, 0.717) is 17.9 Å². The molecule has 2 aliphatic heterocycles. The van der Waals surface area contributed by atoms with Crippen molar-refractivity contribution in [3.63, 3.8) is 0 Å². The zero-order chi connectivity index (χ0) is 15.1. The Bertz CT molecular complexity index is 652. The Labute approximate surface area is 132 Å². The average Bonchev–Trinajstić information content (AvgIpc) is 2.99. The van der Waals surface area contributed by atoms with Gasteiger partial charge >= 0.3 is 0 Å². The lowest BCUT2D eigenvalue weighted by molar-refractivity contribution is 0.0120. The fourth-order valence-electron chi connectivity index (χ4n) is 3.96. The molecule has 2 heterocycles. The SMILES string of the molecule is CC(C)[C@H]1CN2C(OC[C@H]2c2ccccc2)c2ccccc21. The van der Waals surface area contributed by atoms with E-state index in [2.05, 4.69) is 73.3 Å². The van der Waals surface area contributed by atoms with Crippen LogP contribution in [0, 0.1) is 5.92 Å². The maximum Gasteiger partial charge on any atom is 0.137 e. The first kappa shape index (κ1) is 14.0. The Morgan fingerprint density at radius 3 is 2.36 bits per heavy atom. The lowest BCUT2D eigenvalue weighted by Gasteiger charge is -2.40. The predicted octanol–water partition coefficient (Wildman–Crippen LogP) is 4.51. The molecule has 0 bridgehead atoms. The van der Waals surface area contributed by atoms with Crippen LogP contribution in [0.2, 0.25) is 0 Å². The number of nitrogens with zero attached hydrogens (tertiary/aromatic N) is 1. The predicted molar refractivity (Wildman–Crippen MR) is 88.6 cm³/mol. The van der Waals surface area contributed by atoms with Gasteiger partial charge in [0.15, 0.2) is 0 Å². The smallest absolute Gasteiger partial charge is 0.137 e. The molecular formula is C20H23NO. The zero-order valence-corrected chi connectivity index (χ0v) is 13.3. The van der Waals surface area contributed by atoms with E-state index in [0.717, 1.165) is 13.2 Å². The van der Waals surface area contributed by atoms with Crippen LogP contribution in [0.25, 0.3) is 0 Å². The summed E-state index contributed by atoms with van der Waals surface area (Å²) in [6, 6.07) is 20.0. The molecule has 2 aromatic carbocycles. The van der Waals surface area contributed by atoms with Gasteiger partial charge in [0.05, 0.1) is 12.6 Å². The Morgan fingerprint density at radius 2 is 1.64 bits per heavy atom. The van der Waals surface area contributed by atoms with E-state index in [1.54, 1.807) is 0 Å².